The van der Waals surface area contributed by atoms with E-state index < -0.39 is 0 Å². The van der Waals surface area contributed by atoms with Crippen LogP contribution in [0.5, 0.6) is 0 Å². The first kappa shape index (κ1) is 13.8. The highest BCUT2D eigenvalue weighted by molar-refractivity contribution is 9.11. The molecular weight excluding hydrogens is 310 g/mol. The molecule has 2 nitrogen and oxygen atoms in total. The van der Waals surface area contributed by atoms with Crippen LogP contribution in [0.4, 0.5) is 0 Å². The number of rotatable bonds is 5. The van der Waals surface area contributed by atoms with Crippen LogP contribution in [-0.4, -0.2) is 6.54 Å². The lowest BCUT2D eigenvalue weighted by molar-refractivity contribution is 0.490. The molecule has 2 aromatic heterocycles. The topological polar surface area (TPSA) is 25.2 Å². The average Bonchev–Trinajstić information content (AvgIpc) is 2.85. The largest absolute Gasteiger partial charge is 0.466 e. The van der Waals surface area contributed by atoms with Crippen molar-refractivity contribution in [3.05, 3.63) is 43.9 Å². The molecule has 2 aromatic rings. The molecule has 0 amide bonds. The predicted octanol–water partition coefficient (Wildman–Crippen LogP) is 4.61. The van der Waals surface area contributed by atoms with Gasteiger partial charge < -0.3 is 9.73 Å². The third-order valence-corrected chi connectivity index (χ3v) is 4.68. The standard InChI is InChI=1S/C14H18BrNOS/c1-9-8-13(11(3)17-9)10(2)16-7-6-12-4-5-14(15)18-12/h4-5,8,10,16H,6-7H2,1-3H3. The Kier molecular flexibility index (Phi) is 4.65. The van der Waals surface area contributed by atoms with Gasteiger partial charge in [-0.3, -0.25) is 0 Å². The third-order valence-electron chi connectivity index (χ3n) is 3.00. The van der Waals surface area contributed by atoms with Gasteiger partial charge in [-0.2, -0.15) is 0 Å². The van der Waals surface area contributed by atoms with Crippen LogP contribution >= 0.6 is 27.3 Å². The molecule has 18 heavy (non-hydrogen) atoms. The molecule has 2 rings (SSSR count). The molecule has 0 aromatic carbocycles. The second-order valence-electron chi connectivity index (χ2n) is 4.50. The minimum atomic E-state index is 0.339. The maximum absolute atomic E-state index is 5.56. The van der Waals surface area contributed by atoms with E-state index in [0.29, 0.717) is 6.04 Å². The van der Waals surface area contributed by atoms with Crippen molar-refractivity contribution in [3.8, 4) is 0 Å². The Morgan fingerprint density at radius 2 is 2.17 bits per heavy atom. The van der Waals surface area contributed by atoms with Crippen molar-refractivity contribution in [1.29, 1.82) is 0 Å². The van der Waals surface area contributed by atoms with Crippen LogP contribution in [0.2, 0.25) is 0 Å². The number of halogens is 1. The van der Waals surface area contributed by atoms with Crippen LogP contribution < -0.4 is 5.32 Å². The molecule has 0 aliphatic rings. The molecule has 0 bridgehead atoms. The minimum Gasteiger partial charge on any atom is -0.466 e. The van der Waals surface area contributed by atoms with E-state index in [9.17, 15) is 0 Å². The van der Waals surface area contributed by atoms with Crippen LogP contribution in [0.25, 0.3) is 0 Å². The average molecular weight is 328 g/mol. The summed E-state index contributed by atoms with van der Waals surface area (Å²) in [5.41, 5.74) is 1.26. The number of hydrogen-bond donors (Lipinski definition) is 1. The van der Waals surface area contributed by atoms with Gasteiger partial charge in [-0.25, -0.2) is 0 Å². The molecule has 1 atom stereocenters. The summed E-state index contributed by atoms with van der Waals surface area (Å²) < 4.78 is 6.76. The van der Waals surface area contributed by atoms with E-state index in [1.165, 1.54) is 14.2 Å². The third kappa shape index (κ3) is 3.46. The van der Waals surface area contributed by atoms with Crippen molar-refractivity contribution in [3.63, 3.8) is 0 Å². The smallest absolute Gasteiger partial charge is 0.105 e. The highest BCUT2D eigenvalue weighted by Crippen LogP contribution is 2.23. The summed E-state index contributed by atoms with van der Waals surface area (Å²) in [4.78, 5) is 1.40. The summed E-state index contributed by atoms with van der Waals surface area (Å²) in [6.07, 6.45) is 1.07. The minimum absolute atomic E-state index is 0.339. The molecule has 4 heteroatoms. The highest BCUT2D eigenvalue weighted by atomic mass is 79.9. The van der Waals surface area contributed by atoms with Crippen molar-refractivity contribution < 1.29 is 4.42 Å². The predicted molar refractivity (Wildman–Crippen MR) is 80.3 cm³/mol. The molecule has 1 N–H and O–H groups in total. The lowest BCUT2D eigenvalue weighted by Gasteiger charge is -2.12. The summed E-state index contributed by atoms with van der Waals surface area (Å²) in [5.74, 6) is 2.00. The number of aryl methyl sites for hydroxylation is 2. The molecule has 0 spiro atoms. The molecule has 0 aliphatic heterocycles. The first-order valence-corrected chi connectivity index (χ1v) is 7.71. The first-order chi connectivity index (χ1) is 8.56. The Balaban J connectivity index is 1.85. The van der Waals surface area contributed by atoms with Crippen molar-refractivity contribution in [2.75, 3.05) is 6.54 Å². The van der Waals surface area contributed by atoms with E-state index >= 15 is 0 Å². The second-order valence-corrected chi connectivity index (χ2v) is 7.05. The summed E-state index contributed by atoms with van der Waals surface area (Å²) in [5, 5.41) is 3.54. The number of thiophene rings is 1. The number of nitrogens with one attached hydrogen (secondary N) is 1. The van der Waals surface area contributed by atoms with Gasteiger partial charge in [-0.1, -0.05) is 0 Å². The lowest BCUT2D eigenvalue weighted by Crippen LogP contribution is -2.21. The van der Waals surface area contributed by atoms with Crippen LogP contribution in [0.3, 0.4) is 0 Å². The van der Waals surface area contributed by atoms with Gasteiger partial charge in [-0.15, -0.1) is 11.3 Å². The molecule has 0 aliphatic carbocycles. The molecule has 1 unspecified atom stereocenters. The van der Waals surface area contributed by atoms with Gasteiger partial charge >= 0.3 is 0 Å². The monoisotopic (exact) mass is 327 g/mol. The van der Waals surface area contributed by atoms with Gasteiger partial charge in [0.25, 0.3) is 0 Å². The molecule has 98 valence electrons. The summed E-state index contributed by atoms with van der Waals surface area (Å²) in [6.45, 7) is 7.18. The summed E-state index contributed by atoms with van der Waals surface area (Å²) in [7, 11) is 0. The first-order valence-electron chi connectivity index (χ1n) is 6.11. The Morgan fingerprint density at radius 3 is 2.72 bits per heavy atom. The number of furan rings is 1. The second kappa shape index (κ2) is 6.04. The van der Waals surface area contributed by atoms with E-state index in [0.717, 1.165) is 24.5 Å². The Hall–Kier alpha value is -0.580. The Labute approximate surface area is 121 Å². The van der Waals surface area contributed by atoms with Crippen molar-refractivity contribution in [2.45, 2.75) is 33.2 Å². The van der Waals surface area contributed by atoms with Crippen LogP contribution in [0.1, 0.15) is 34.9 Å². The van der Waals surface area contributed by atoms with E-state index in [1.54, 1.807) is 11.3 Å². The molecule has 0 saturated carbocycles. The van der Waals surface area contributed by atoms with Gasteiger partial charge in [-0.05, 0) is 61.3 Å². The van der Waals surface area contributed by atoms with Crippen LogP contribution in [0, 0.1) is 13.8 Å². The van der Waals surface area contributed by atoms with E-state index in [2.05, 4.69) is 46.4 Å². The molecule has 0 radical (unpaired) electrons. The van der Waals surface area contributed by atoms with E-state index in [1.807, 2.05) is 13.8 Å². The molecular formula is C14H18BrNOS. The fraction of sp³-hybridized carbons (Fsp3) is 0.429. The molecule has 0 saturated heterocycles. The Morgan fingerprint density at radius 1 is 1.39 bits per heavy atom. The zero-order valence-electron chi connectivity index (χ0n) is 10.9. The fourth-order valence-corrected chi connectivity index (χ4v) is 3.57. The van der Waals surface area contributed by atoms with Crippen molar-refractivity contribution >= 4 is 27.3 Å². The van der Waals surface area contributed by atoms with Gasteiger partial charge in [0.15, 0.2) is 0 Å². The lowest BCUT2D eigenvalue weighted by atomic mass is 10.1. The number of hydrogen-bond acceptors (Lipinski definition) is 3. The highest BCUT2D eigenvalue weighted by Gasteiger charge is 2.11. The normalized spacial score (nSPS) is 12.9. The molecule has 2 heterocycles. The maximum atomic E-state index is 5.56. The van der Waals surface area contributed by atoms with E-state index in [-0.39, 0.29) is 0 Å². The van der Waals surface area contributed by atoms with Gasteiger partial charge in [0.2, 0.25) is 0 Å². The molecule has 0 fully saturated rings. The summed E-state index contributed by atoms with van der Waals surface area (Å²) in [6, 6.07) is 6.74. The van der Waals surface area contributed by atoms with E-state index in [4.69, 9.17) is 4.42 Å². The van der Waals surface area contributed by atoms with Gasteiger partial charge in [0.05, 0.1) is 3.79 Å². The zero-order valence-corrected chi connectivity index (χ0v) is 13.3. The summed E-state index contributed by atoms with van der Waals surface area (Å²) >= 11 is 5.29. The SMILES string of the molecule is Cc1cc(C(C)NCCc2ccc(Br)s2)c(C)o1. The van der Waals surface area contributed by atoms with Gasteiger partial charge in [0, 0.05) is 23.0 Å². The van der Waals surface area contributed by atoms with Crippen LogP contribution in [-0.2, 0) is 6.42 Å². The van der Waals surface area contributed by atoms with Crippen LogP contribution in [0.15, 0.2) is 26.4 Å². The van der Waals surface area contributed by atoms with Crippen molar-refractivity contribution in [2.24, 2.45) is 0 Å². The quantitative estimate of drug-likeness (QED) is 0.867. The fourth-order valence-electron chi connectivity index (χ4n) is 2.09. The Bertz CT molecular complexity index is 518. The maximum Gasteiger partial charge on any atom is 0.105 e. The zero-order chi connectivity index (χ0) is 13.1. The van der Waals surface area contributed by atoms with Crippen molar-refractivity contribution in [1.82, 2.24) is 5.32 Å². The van der Waals surface area contributed by atoms with Gasteiger partial charge in [0.1, 0.15) is 11.5 Å².